The van der Waals surface area contributed by atoms with E-state index in [0.717, 1.165) is 16.8 Å². The van der Waals surface area contributed by atoms with Gasteiger partial charge in [-0.3, -0.25) is 41.7 Å². The van der Waals surface area contributed by atoms with Gasteiger partial charge in [0.1, 0.15) is 112 Å². The molecule has 103 heavy (non-hydrogen) atoms. The molecule has 8 bridgehead atoms. The Morgan fingerprint density at radius 1 is 0.641 bits per heavy atom. The van der Waals surface area contributed by atoms with Crippen molar-refractivity contribution in [1.82, 2.24) is 63.2 Å². The van der Waals surface area contributed by atoms with Gasteiger partial charge in [-0.2, -0.15) is 25.6 Å². The van der Waals surface area contributed by atoms with Crippen LogP contribution in [-0.2, 0) is 216 Å². The third-order valence-corrected chi connectivity index (χ3v) is 19.6. The Kier molecular flexibility index (Phi) is 27.8. The van der Waals surface area contributed by atoms with E-state index >= 15 is 0 Å². The van der Waals surface area contributed by atoms with E-state index in [9.17, 15) is 48.6 Å². The van der Waals surface area contributed by atoms with E-state index in [4.69, 9.17) is 90.0 Å². The molecule has 4 radical (unpaired) electrons. The van der Waals surface area contributed by atoms with E-state index in [1.54, 1.807) is 21.3 Å². The fourth-order valence-electron chi connectivity index (χ4n) is 12.9. The van der Waals surface area contributed by atoms with Crippen molar-refractivity contribution in [3.05, 3.63) is 97.1 Å². The third kappa shape index (κ3) is 15.4. The van der Waals surface area contributed by atoms with Gasteiger partial charge < -0.3 is 89.1 Å². The number of hydrogen-bond donors (Lipinski definition) is 7. The number of nitrogens with two attached hydrogens (primary N) is 4. The first-order valence-corrected chi connectivity index (χ1v) is 36.7. The SMILES string of the molecule is C[PH](=O)OC[C@@]12CO[C@@H]([C@H](n3cnc4c(N)nc(N)nc43)O1)[C@@H]2N=[N+]=[N-].C[PH](=O)OC[C@@]12CO[C@@H]([C@H](n3cnc4c(N)ncnc43)O1)[C@@H]2N=[N+]=[N-].C[PH](=O)OC[C@]12CO[C@H]([C@@H]1O)[C@](C#N)(c1ccc3c(N)ncnn13)O2.C[PH](=O)OC[C@]12CO[C@H]([C@@H]1O)[C@](C#N)(n1ccc(=O)[nH]c1=O)O2.[Y].[Y].[Y].[Y]. The molecule has 7 aromatic rings. The maximum atomic E-state index is 12.0. The van der Waals surface area contributed by atoms with Gasteiger partial charge >= 0.3 is 5.69 Å². The molecule has 8 saturated heterocycles. The molecule has 4 unspecified atom stereocenters. The number of anilines is 4. The molecule has 20 atom stereocenters. The molecule has 8 aliphatic heterocycles. The van der Waals surface area contributed by atoms with Gasteiger partial charge in [-0.05, 0) is 23.2 Å². The summed E-state index contributed by atoms with van der Waals surface area (Å²) < 4.78 is 118. The molecule has 0 saturated carbocycles. The maximum Gasteiger partial charge on any atom is 0.331 e. The van der Waals surface area contributed by atoms with Crippen LogP contribution in [0.4, 0.5) is 23.4 Å². The predicted octanol–water partition coefficient (Wildman–Crippen LogP) is -0.635. The van der Waals surface area contributed by atoms with E-state index in [1.807, 2.05) is 11.1 Å². The van der Waals surface area contributed by atoms with Gasteiger partial charge in [0.15, 0.2) is 73.3 Å². The van der Waals surface area contributed by atoms with Crippen molar-refractivity contribution in [3.63, 3.8) is 0 Å². The summed E-state index contributed by atoms with van der Waals surface area (Å²) in [5.41, 5.74) is 33.7. The Balaban J connectivity index is 0.000000172. The van der Waals surface area contributed by atoms with Crippen molar-refractivity contribution >= 4 is 83.4 Å². The molecule has 0 aromatic carbocycles. The van der Waals surface area contributed by atoms with Crippen LogP contribution in [-0.4, -0.2) is 224 Å². The Labute approximate surface area is 682 Å². The van der Waals surface area contributed by atoms with Crippen molar-refractivity contribution in [2.75, 3.05) is 102 Å². The van der Waals surface area contributed by atoms with Gasteiger partial charge in [0.25, 0.3) is 11.3 Å². The first-order valence-electron chi connectivity index (χ1n) is 29.4. The van der Waals surface area contributed by atoms with Crippen LogP contribution >= 0.6 is 32.1 Å². The van der Waals surface area contributed by atoms with Crippen LogP contribution in [0.25, 0.3) is 48.7 Å². The Morgan fingerprint density at radius 3 is 1.66 bits per heavy atom. The fourth-order valence-corrected chi connectivity index (χ4v) is 14.7. The summed E-state index contributed by atoms with van der Waals surface area (Å²) in [5.74, 6) is 0.642. The minimum absolute atomic E-state index is 0. The van der Waals surface area contributed by atoms with Crippen LogP contribution < -0.4 is 34.2 Å². The topological polar surface area (TPSA) is 641 Å². The van der Waals surface area contributed by atoms with Crippen molar-refractivity contribution < 1.29 is 215 Å². The van der Waals surface area contributed by atoms with Crippen molar-refractivity contribution in [2.24, 2.45) is 10.2 Å². The van der Waals surface area contributed by atoms with E-state index < -0.39 is 138 Å². The first-order chi connectivity index (χ1) is 47.3. The molecular weight excluding hydrogens is 1750 g/mol. The van der Waals surface area contributed by atoms with Gasteiger partial charge in [0.05, 0.1) is 71.2 Å². The van der Waals surface area contributed by atoms with Crippen LogP contribution in [0.3, 0.4) is 0 Å². The molecular formula is C50H61N25O20P4Y4. The number of nitrogen functional groups attached to an aromatic ring is 4. The first kappa shape index (κ1) is 84.6. The van der Waals surface area contributed by atoms with E-state index in [1.165, 1.54) is 56.5 Å². The second kappa shape index (κ2) is 33.9. The Bertz CT molecular complexity index is 4760. The summed E-state index contributed by atoms with van der Waals surface area (Å²) in [7, 11) is -8.90. The molecule has 538 valence electrons. The van der Waals surface area contributed by atoms with Crippen molar-refractivity contribution in [3.8, 4) is 12.1 Å². The average Bonchev–Trinajstić information content (AvgIpc) is 1.57. The minimum Gasteiger partial charge on any atom is -0.387 e. The van der Waals surface area contributed by atoms with E-state index in [-0.39, 0.29) is 207 Å². The largest absolute Gasteiger partial charge is 0.387 e. The number of azide groups is 2. The van der Waals surface area contributed by atoms with Crippen LogP contribution in [0.5, 0.6) is 0 Å². The third-order valence-electron chi connectivity index (χ3n) is 17.4. The number of aromatic amines is 1. The molecule has 8 fully saturated rings. The second-order valence-corrected chi connectivity index (χ2v) is 28.6. The van der Waals surface area contributed by atoms with Gasteiger partial charge in [0, 0.05) is 180 Å². The van der Waals surface area contributed by atoms with Crippen molar-refractivity contribution in [2.45, 2.75) is 94.9 Å². The number of aliphatic hydroxyl groups is 2. The summed E-state index contributed by atoms with van der Waals surface area (Å²) in [6.45, 7) is 5.65. The predicted molar refractivity (Wildman–Crippen MR) is 337 cm³/mol. The van der Waals surface area contributed by atoms with Gasteiger partial charge in [0.2, 0.25) is 11.5 Å². The molecule has 7 aromatic heterocycles. The molecule has 15 rings (SSSR count). The number of nitriles is 2. The minimum atomic E-state index is -2.29. The Morgan fingerprint density at radius 2 is 1.14 bits per heavy atom. The van der Waals surface area contributed by atoms with Crippen molar-refractivity contribution in [1.29, 1.82) is 10.5 Å². The number of ether oxygens (including phenoxy) is 8. The van der Waals surface area contributed by atoms with Gasteiger partial charge in [-0.15, -0.1) is 0 Å². The smallest absolute Gasteiger partial charge is 0.331 e. The number of nitrogens with zero attached hydrogens (tertiary/aromatic N) is 20. The quantitative estimate of drug-likeness (QED) is 0.0243. The molecule has 8 aliphatic rings. The number of fused-ring (bicyclic) bond motifs is 11. The summed E-state index contributed by atoms with van der Waals surface area (Å²) >= 11 is 0. The summed E-state index contributed by atoms with van der Waals surface area (Å²) in [5, 5.41) is 52.3. The van der Waals surface area contributed by atoms with Crippen LogP contribution in [0.15, 0.2) is 69.5 Å². The number of H-pyrrole nitrogens is 1. The zero-order valence-corrected chi connectivity index (χ0v) is 69.7. The number of hydrogen-bond acceptors (Lipinski definition) is 36. The summed E-state index contributed by atoms with van der Waals surface area (Å²) in [6, 6.07) is 7.02. The van der Waals surface area contributed by atoms with E-state index in [2.05, 4.69) is 66.1 Å². The molecule has 15 heterocycles. The molecule has 45 nitrogen and oxygen atoms in total. The fraction of sp³-hybridized carbons (Fsp3) is 0.560. The van der Waals surface area contributed by atoms with Crippen LogP contribution in [0.1, 0.15) is 18.1 Å². The number of nitrogens with one attached hydrogen (secondary N) is 1. The summed E-state index contributed by atoms with van der Waals surface area (Å²) in [6.07, 6.45) is -0.237. The normalized spacial score (nSPS) is 32.3. The average molecular weight is 1810 g/mol. The molecule has 53 heteroatoms. The molecule has 0 aliphatic carbocycles. The van der Waals surface area contributed by atoms with Gasteiger partial charge in [-0.25, -0.2) is 34.2 Å². The van der Waals surface area contributed by atoms with Gasteiger partial charge in [-0.1, -0.05) is 10.2 Å². The molecule has 0 amide bonds. The number of imidazole rings is 2. The zero-order valence-electron chi connectivity index (χ0n) is 54.4. The maximum absolute atomic E-state index is 12.0. The second-order valence-electron chi connectivity index (χ2n) is 23.5. The molecule has 11 N–H and O–H groups in total. The molecule has 0 spiro atoms. The monoisotopic (exact) mass is 1810 g/mol. The van der Waals surface area contributed by atoms with Crippen LogP contribution in [0.2, 0.25) is 0 Å². The zero-order chi connectivity index (χ0) is 70.7. The summed E-state index contributed by atoms with van der Waals surface area (Å²) in [4.78, 5) is 59.5. The Hall–Kier alpha value is -4.02. The number of aromatic nitrogens is 13. The standard InChI is InChI=1S/C14H16N5O5P.C12H16N9O4P.C12H15N8O4P.C12H14N3O7P.4Y/c1-25(21)23-6-13-5-22-11(10(13)20)14(4-15,24-13)9-3-2-8-12(16)17-7-18-19(8)9;1-26(22)24-3-12-2-23-6(7(12)19-20-15)10(25-12)21-4-16-5-8(13)17-11(14)18-9(5)21;1-25(21)23-3-12-2-22-7(8(12)18-19-14)11(24-12)20-5-17-6-9(13)15-4-16-10(6)20;1-23(19)21-6-11-5-20-9(8(11)17)12(4-13,22-11)15-3-2-7(16)14-10(15)18;;;;/h2-3,7,10-11,20,25H,5-6H2,1H3,(H2,16,17,18);4,6-7,10,26H,2-3H2,1H3,(H4,13,14,17,18);4-5,7-8,11,25H,2-3H2,1H3,(H2,13,15,16);2-3,8-9,17,23H,5-6H2,1H3,(H,14,16,18);;;;/t10-,11+,13+,14-;6-,7+,10-,12-;7-,8+,11-,12-;8-,9+,11+,12+;;;;/m0110..../s1. The number of aliphatic hydroxyl groups excluding tert-OH is 2. The number of rotatable bonds is 18. The van der Waals surface area contributed by atoms with Crippen LogP contribution in [0, 0.1) is 22.7 Å². The van der Waals surface area contributed by atoms with E-state index in [0.29, 0.717) is 33.5 Å².